The van der Waals surface area contributed by atoms with E-state index in [4.69, 9.17) is 0 Å². The zero-order valence-electron chi connectivity index (χ0n) is 11.0. The molecule has 3 rings (SSSR count). The number of rotatable bonds is 2. The highest BCUT2D eigenvalue weighted by Gasteiger charge is 2.29. The van der Waals surface area contributed by atoms with Gasteiger partial charge in [-0.2, -0.15) is 0 Å². The largest absolute Gasteiger partial charge is 0.340 e. The Kier molecular flexibility index (Phi) is 3.56. The van der Waals surface area contributed by atoms with Gasteiger partial charge in [0.2, 0.25) is 11.8 Å². The number of hydrogen-bond donors (Lipinski definition) is 2. The van der Waals surface area contributed by atoms with Crippen LogP contribution < -0.4 is 10.6 Å². The molecule has 0 spiro atoms. The van der Waals surface area contributed by atoms with Gasteiger partial charge in [0.25, 0.3) is 5.91 Å². The van der Waals surface area contributed by atoms with Crippen LogP contribution in [0.2, 0.25) is 0 Å². The van der Waals surface area contributed by atoms with Crippen molar-refractivity contribution in [1.29, 1.82) is 0 Å². The summed E-state index contributed by atoms with van der Waals surface area (Å²) in [6, 6.07) is -0.598. The van der Waals surface area contributed by atoms with Gasteiger partial charge in [-0.05, 0) is 37.7 Å². The lowest BCUT2D eigenvalue weighted by atomic mass is 9.95. The quantitative estimate of drug-likeness (QED) is 0.803. The molecule has 1 atom stereocenters. The number of carbonyl (C=O) groups excluding carboxylic acids is 3. The highest BCUT2D eigenvalue weighted by atomic mass is 32.1. The minimum absolute atomic E-state index is 0.195. The molecule has 2 heterocycles. The number of carbonyl (C=O) groups is 3. The van der Waals surface area contributed by atoms with Crippen LogP contribution in [0.15, 0.2) is 5.38 Å². The van der Waals surface area contributed by atoms with Crippen molar-refractivity contribution in [2.24, 2.45) is 0 Å². The van der Waals surface area contributed by atoms with Gasteiger partial charge in [-0.15, -0.1) is 11.3 Å². The van der Waals surface area contributed by atoms with E-state index in [0.29, 0.717) is 12.0 Å². The summed E-state index contributed by atoms with van der Waals surface area (Å²) in [6.07, 6.45) is 4.94. The van der Waals surface area contributed by atoms with Crippen LogP contribution in [0.5, 0.6) is 0 Å². The average molecular weight is 292 g/mol. The predicted molar refractivity (Wildman–Crippen MR) is 74.6 cm³/mol. The Morgan fingerprint density at radius 1 is 1.25 bits per heavy atom. The lowest BCUT2D eigenvalue weighted by Gasteiger charge is -2.22. The van der Waals surface area contributed by atoms with Gasteiger partial charge in [0, 0.05) is 16.7 Å². The molecule has 3 amide bonds. The number of piperidine rings is 1. The highest BCUT2D eigenvalue weighted by Crippen LogP contribution is 2.30. The van der Waals surface area contributed by atoms with Crippen LogP contribution in [0.3, 0.4) is 0 Å². The van der Waals surface area contributed by atoms with Crippen LogP contribution in [0.25, 0.3) is 0 Å². The molecule has 2 aliphatic rings. The normalized spacial score (nSPS) is 22.1. The third kappa shape index (κ3) is 2.47. The van der Waals surface area contributed by atoms with E-state index in [1.165, 1.54) is 11.3 Å². The summed E-state index contributed by atoms with van der Waals surface area (Å²) in [5.41, 5.74) is 1.85. The molecule has 0 saturated carbocycles. The molecular weight excluding hydrogens is 276 g/mol. The summed E-state index contributed by atoms with van der Waals surface area (Å²) in [6.45, 7) is 0. The van der Waals surface area contributed by atoms with Crippen molar-refractivity contribution in [3.05, 3.63) is 21.4 Å². The van der Waals surface area contributed by atoms with Gasteiger partial charge >= 0.3 is 0 Å². The average Bonchev–Trinajstić information content (AvgIpc) is 2.86. The molecule has 1 unspecified atom stereocenters. The molecule has 6 heteroatoms. The van der Waals surface area contributed by atoms with Crippen molar-refractivity contribution in [1.82, 2.24) is 10.6 Å². The Morgan fingerprint density at radius 2 is 2.05 bits per heavy atom. The maximum Gasteiger partial charge on any atom is 0.253 e. The molecule has 1 saturated heterocycles. The van der Waals surface area contributed by atoms with Gasteiger partial charge in [-0.3, -0.25) is 19.7 Å². The summed E-state index contributed by atoms with van der Waals surface area (Å²) in [5, 5.41) is 6.88. The lowest BCUT2D eigenvalue weighted by Crippen LogP contribution is -2.52. The summed E-state index contributed by atoms with van der Waals surface area (Å²) >= 11 is 1.63. The lowest BCUT2D eigenvalue weighted by molar-refractivity contribution is -0.134. The van der Waals surface area contributed by atoms with Crippen LogP contribution in [0, 0.1) is 0 Å². The van der Waals surface area contributed by atoms with Gasteiger partial charge in [0.1, 0.15) is 6.04 Å². The van der Waals surface area contributed by atoms with E-state index in [0.717, 1.165) is 24.8 Å². The Labute approximate surface area is 120 Å². The van der Waals surface area contributed by atoms with Gasteiger partial charge in [-0.25, -0.2) is 0 Å². The highest BCUT2D eigenvalue weighted by molar-refractivity contribution is 7.10. The van der Waals surface area contributed by atoms with Crippen LogP contribution in [-0.4, -0.2) is 23.8 Å². The summed E-state index contributed by atoms with van der Waals surface area (Å²) < 4.78 is 0. The van der Waals surface area contributed by atoms with Crippen molar-refractivity contribution >= 4 is 29.1 Å². The summed E-state index contributed by atoms with van der Waals surface area (Å²) in [4.78, 5) is 36.3. The molecule has 1 aliphatic carbocycles. The fourth-order valence-corrected chi connectivity index (χ4v) is 3.88. The van der Waals surface area contributed by atoms with Crippen LogP contribution in [0.4, 0.5) is 0 Å². The van der Waals surface area contributed by atoms with Crippen LogP contribution >= 0.6 is 11.3 Å². The SMILES string of the molecule is O=C1CCC(NC(=O)c2csc3c2CCCC3)C(=O)N1. The Hall–Kier alpha value is -1.69. The number of aryl methyl sites for hydroxylation is 1. The summed E-state index contributed by atoms with van der Waals surface area (Å²) in [5.74, 6) is -0.869. The summed E-state index contributed by atoms with van der Waals surface area (Å²) in [7, 11) is 0. The first kappa shape index (κ1) is 13.3. The molecule has 1 aliphatic heterocycles. The second kappa shape index (κ2) is 5.36. The zero-order valence-corrected chi connectivity index (χ0v) is 11.8. The van der Waals surface area contributed by atoms with Gasteiger partial charge < -0.3 is 5.32 Å². The van der Waals surface area contributed by atoms with Crippen molar-refractivity contribution in [2.75, 3.05) is 0 Å². The van der Waals surface area contributed by atoms with Crippen LogP contribution in [-0.2, 0) is 22.4 Å². The molecule has 0 radical (unpaired) electrons. The molecule has 1 aromatic heterocycles. The van der Waals surface area contributed by atoms with E-state index in [1.807, 2.05) is 5.38 Å². The minimum atomic E-state index is -0.598. The molecule has 1 fully saturated rings. The maximum absolute atomic E-state index is 12.3. The molecular formula is C14H16N2O3S. The van der Waals surface area contributed by atoms with E-state index in [1.54, 1.807) is 11.3 Å². The molecule has 106 valence electrons. The fourth-order valence-electron chi connectivity index (χ4n) is 2.75. The van der Waals surface area contributed by atoms with E-state index in [-0.39, 0.29) is 18.2 Å². The van der Waals surface area contributed by atoms with Crippen molar-refractivity contribution in [3.8, 4) is 0 Å². The van der Waals surface area contributed by atoms with Crippen molar-refractivity contribution in [2.45, 2.75) is 44.6 Å². The van der Waals surface area contributed by atoms with Crippen molar-refractivity contribution in [3.63, 3.8) is 0 Å². The molecule has 2 N–H and O–H groups in total. The molecule has 20 heavy (non-hydrogen) atoms. The first-order chi connectivity index (χ1) is 9.65. The Bertz CT molecular complexity index is 579. The van der Waals surface area contributed by atoms with Gasteiger partial charge in [0.15, 0.2) is 0 Å². The van der Waals surface area contributed by atoms with E-state index in [9.17, 15) is 14.4 Å². The Balaban J connectivity index is 1.72. The van der Waals surface area contributed by atoms with E-state index < -0.39 is 11.9 Å². The number of thiophene rings is 1. The smallest absolute Gasteiger partial charge is 0.253 e. The van der Waals surface area contributed by atoms with Gasteiger partial charge in [-0.1, -0.05) is 0 Å². The standard InChI is InChI=1S/C14H16N2O3S/c17-12-6-5-10(14(19)16-12)15-13(18)9-7-20-11-4-2-1-3-8(9)11/h7,10H,1-6H2,(H,15,18)(H,16,17,19). The number of hydrogen-bond acceptors (Lipinski definition) is 4. The molecule has 5 nitrogen and oxygen atoms in total. The third-order valence-electron chi connectivity index (χ3n) is 3.85. The fraction of sp³-hybridized carbons (Fsp3) is 0.500. The maximum atomic E-state index is 12.3. The zero-order chi connectivity index (χ0) is 14.1. The number of amides is 3. The van der Waals surface area contributed by atoms with E-state index in [2.05, 4.69) is 10.6 Å². The third-order valence-corrected chi connectivity index (χ3v) is 4.94. The first-order valence-electron chi connectivity index (χ1n) is 6.89. The van der Waals surface area contributed by atoms with E-state index >= 15 is 0 Å². The Morgan fingerprint density at radius 3 is 2.85 bits per heavy atom. The van der Waals surface area contributed by atoms with Crippen LogP contribution in [0.1, 0.15) is 46.5 Å². The van der Waals surface area contributed by atoms with Crippen molar-refractivity contribution < 1.29 is 14.4 Å². The predicted octanol–water partition coefficient (Wildman–Crippen LogP) is 1.16. The number of nitrogens with one attached hydrogen (secondary N) is 2. The second-order valence-electron chi connectivity index (χ2n) is 5.24. The second-order valence-corrected chi connectivity index (χ2v) is 6.20. The molecule has 1 aromatic rings. The first-order valence-corrected chi connectivity index (χ1v) is 7.77. The number of fused-ring (bicyclic) bond motifs is 1. The molecule has 0 bridgehead atoms. The monoisotopic (exact) mass is 292 g/mol. The minimum Gasteiger partial charge on any atom is -0.340 e. The van der Waals surface area contributed by atoms with Gasteiger partial charge in [0.05, 0.1) is 5.56 Å². The molecule has 0 aromatic carbocycles. The number of imide groups is 1. The topological polar surface area (TPSA) is 75.3 Å².